The first kappa shape index (κ1) is 11.2. The molecule has 4 nitrogen and oxygen atoms in total. The van der Waals surface area contributed by atoms with Crippen LogP contribution in [-0.4, -0.2) is 16.7 Å². The van der Waals surface area contributed by atoms with Gasteiger partial charge in [-0.2, -0.15) is 5.10 Å². The van der Waals surface area contributed by atoms with Crippen molar-refractivity contribution in [3.63, 3.8) is 0 Å². The molecule has 92 valence electrons. The Morgan fingerprint density at radius 1 is 1.22 bits per heavy atom. The molecule has 18 heavy (non-hydrogen) atoms. The molecule has 0 aliphatic carbocycles. The monoisotopic (exact) mass is 241 g/mol. The molecular formula is C14H15N3O. The number of aromatic amines is 1. The largest absolute Gasteiger partial charge is 0.311 e. The number of hydrogen-bond donors (Lipinski definition) is 2. The topological polar surface area (TPSA) is 57.8 Å². The van der Waals surface area contributed by atoms with Crippen LogP contribution >= 0.6 is 0 Å². The molecule has 0 amide bonds. The molecule has 0 unspecified atom stereocenters. The van der Waals surface area contributed by atoms with Crippen molar-refractivity contribution in [3.05, 3.63) is 63.1 Å². The fourth-order valence-corrected chi connectivity index (χ4v) is 2.41. The summed E-state index contributed by atoms with van der Waals surface area (Å²) in [6.07, 6.45) is 1.56. The van der Waals surface area contributed by atoms with Gasteiger partial charge in [-0.25, -0.2) is 5.10 Å². The second-order valence-corrected chi connectivity index (χ2v) is 4.55. The van der Waals surface area contributed by atoms with Crippen LogP contribution in [0.4, 0.5) is 0 Å². The van der Waals surface area contributed by atoms with Gasteiger partial charge in [0.1, 0.15) is 0 Å². The second kappa shape index (κ2) is 4.74. The normalized spacial score (nSPS) is 14.2. The van der Waals surface area contributed by atoms with E-state index in [1.165, 1.54) is 0 Å². The average molecular weight is 241 g/mol. The molecule has 0 saturated heterocycles. The molecule has 2 aromatic rings. The third-order valence-corrected chi connectivity index (χ3v) is 3.35. The lowest BCUT2D eigenvalue weighted by Gasteiger charge is -2.18. The fourth-order valence-electron chi connectivity index (χ4n) is 2.41. The maximum atomic E-state index is 12.0. The number of nitrogens with zero attached hydrogens (tertiary/aromatic N) is 1. The maximum absolute atomic E-state index is 12.0. The smallest absolute Gasteiger partial charge is 0.267 e. The molecular weight excluding hydrogens is 226 g/mol. The highest BCUT2D eigenvalue weighted by atomic mass is 16.1. The zero-order chi connectivity index (χ0) is 12.4. The molecule has 1 aromatic heterocycles. The van der Waals surface area contributed by atoms with Gasteiger partial charge < -0.3 is 5.32 Å². The van der Waals surface area contributed by atoms with E-state index in [1.54, 1.807) is 0 Å². The minimum Gasteiger partial charge on any atom is -0.311 e. The Bertz CT molecular complexity index is 604. The highest BCUT2D eigenvalue weighted by molar-refractivity contribution is 5.34. The fraction of sp³-hybridized carbons (Fsp3) is 0.286. The van der Waals surface area contributed by atoms with Crippen LogP contribution in [0.1, 0.15) is 22.4 Å². The molecule has 2 N–H and O–H groups in total. The van der Waals surface area contributed by atoms with E-state index in [0.29, 0.717) is 6.42 Å². The minimum absolute atomic E-state index is 0.0560. The number of aromatic nitrogens is 2. The van der Waals surface area contributed by atoms with Gasteiger partial charge >= 0.3 is 0 Å². The van der Waals surface area contributed by atoms with Gasteiger partial charge in [-0.1, -0.05) is 30.3 Å². The van der Waals surface area contributed by atoms with Crippen molar-refractivity contribution in [2.45, 2.75) is 19.4 Å². The summed E-state index contributed by atoms with van der Waals surface area (Å²) in [5.74, 6) is 0. The van der Waals surface area contributed by atoms with Crippen LogP contribution in [0.15, 0.2) is 35.1 Å². The summed E-state index contributed by atoms with van der Waals surface area (Å²) in [4.78, 5) is 12.0. The first-order chi connectivity index (χ1) is 8.84. The lowest BCUT2D eigenvalue weighted by Crippen LogP contribution is -2.30. The van der Waals surface area contributed by atoms with Crippen molar-refractivity contribution in [2.75, 3.05) is 6.54 Å². The molecule has 4 heteroatoms. The van der Waals surface area contributed by atoms with Crippen molar-refractivity contribution in [2.24, 2.45) is 0 Å². The second-order valence-electron chi connectivity index (χ2n) is 4.55. The third kappa shape index (κ3) is 2.07. The van der Waals surface area contributed by atoms with E-state index in [4.69, 9.17) is 0 Å². The van der Waals surface area contributed by atoms with Crippen molar-refractivity contribution in [1.29, 1.82) is 0 Å². The Hall–Kier alpha value is -1.94. The van der Waals surface area contributed by atoms with Crippen LogP contribution in [-0.2, 0) is 19.4 Å². The molecule has 0 saturated carbocycles. The number of hydrogen-bond acceptors (Lipinski definition) is 3. The Labute approximate surface area is 105 Å². The molecule has 1 aliphatic heterocycles. The molecule has 1 aliphatic rings. The van der Waals surface area contributed by atoms with E-state index < -0.39 is 0 Å². The average Bonchev–Trinajstić information content (AvgIpc) is 2.43. The Kier molecular flexibility index (Phi) is 2.94. The first-order valence-corrected chi connectivity index (χ1v) is 6.18. The molecule has 3 rings (SSSR count). The van der Waals surface area contributed by atoms with E-state index in [2.05, 4.69) is 15.5 Å². The van der Waals surface area contributed by atoms with E-state index in [0.717, 1.165) is 41.9 Å². The molecule has 0 fully saturated rings. The lowest BCUT2D eigenvalue weighted by atomic mass is 9.96. The van der Waals surface area contributed by atoms with Gasteiger partial charge in [-0.3, -0.25) is 4.79 Å². The predicted molar refractivity (Wildman–Crippen MR) is 69.5 cm³/mol. The predicted octanol–water partition coefficient (Wildman–Crippen LogP) is 1.01. The van der Waals surface area contributed by atoms with Gasteiger partial charge in [-0.05, 0) is 24.1 Å². The first-order valence-electron chi connectivity index (χ1n) is 6.18. The summed E-state index contributed by atoms with van der Waals surface area (Å²) in [5, 5.41) is 9.99. The summed E-state index contributed by atoms with van der Waals surface area (Å²) in [6, 6.07) is 10.1. The standard InChI is InChI=1S/C14H15N3O/c18-14-12(8-10-4-2-1-3-5-10)11-6-7-15-9-13(11)16-17-14/h1-5,15H,6-9H2,(H,17,18). The van der Waals surface area contributed by atoms with Crippen LogP contribution in [0.25, 0.3) is 0 Å². The van der Waals surface area contributed by atoms with Crippen LogP contribution < -0.4 is 10.9 Å². The lowest BCUT2D eigenvalue weighted by molar-refractivity contribution is 0.608. The molecule has 1 aromatic carbocycles. The van der Waals surface area contributed by atoms with Crippen LogP contribution in [0.3, 0.4) is 0 Å². The summed E-state index contributed by atoms with van der Waals surface area (Å²) in [6.45, 7) is 1.66. The minimum atomic E-state index is -0.0560. The summed E-state index contributed by atoms with van der Waals surface area (Å²) < 4.78 is 0. The highest BCUT2D eigenvalue weighted by Crippen LogP contribution is 2.16. The van der Waals surface area contributed by atoms with E-state index in [-0.39, 0.29) is 5.56 Å². The molecule has 0 spiro atoms. The molecule has 0 radical (unpaired) electrons. The van der Waals surface area contributed by atoms with Crippen LogP contribution in [0, 0.1) is 0 Å². The van der Waals surface area contributed by atoms with Gasteiger partial charge in [0.25, 0.3) is 5.56 Å². The van der Waals surface area contributed by atoms with Gasteiger partial charge in [0.05, 0.1) is 5.69 Å². The number of fused-ring (bicyclic) bond motifs is 1. The summed E-state index contributed by atoms with van der Waals surface area (Å²) in [5.41, 5.74) is 4.08. The number of nitrogens with one attached hydrogen (secondary N) is 2. The Balaban J connectivity index is 2.03. The van der Waals surface area contributed by atoms with E-state index >= 15 is 0 Å². The maximum Gasteiger partial charge on any atom is 0.267 e. The molecule has 0 bridgehead atoms. The van der Waals surface area contributed by atoms with Crippen molar-refractivity contribution in [1.82, 2.24) is 15.5 Å². The van der Waals surface area contributed by atoms with Gasteiger partial charge in [-0.15, -0.1) is 0 Å². The summed E-state index contributed by atoms with van der Waals surface area (Å²) in [7, 11) is 0. The van der Waals surface area contributed by atoms with E-state index in [9.17, 15) is 4.79 Å². The van der Waals surface area contributed by atoms with Crippen molar-refractivity contribution in [3.8, 4) is 0 Å². The summed E-state index contributed by atoms with van der Waals surface area (Å²) >= 11 is 0. The van der Waals surface area contributed by atoms with Gasteiger partial charge in [0, 0.05) is 18.5 Å². The zero-order valence-electron chi connectivity index (χ0n) is 10.1. The number of benzene rings is 1. The van der Waals surface area contributed by atoms with Gasteiger partial charge in [0.2, 0.25) is 0 Å². The SMILES string of the molecule is O=c1[nH]nc2c(c1Cc1ccccc1)CCNC2. The quantitative estimate of drug-likeness (QED) is 0.825. The van der Waals surface area contributed by atoms with Crippen LogP contribution in [0.2, 0.25) is 0 Å². The van der Waals surface area contributed by atoms with E-state index in [1.807, 2.05) is 30.3 Å². The van der Waals surface area contributed by atoms with Gasteiger partial charge in [0.15, 0.2) is 0 Å². The molecule has 0 atom stereocenters. The zero-order valence-corrected chi connectivity index (χ0v) is 10.1. The highest BCUT2D eigenvalue weighted by Gasteiger charge is 2.17. The third-order valence-electron chi connectivity index (χ3n) is 3.35. The Morgan fingerprint density at radius 2 is 2.06 bits per heavy atom. The number of rotatable bonds is 2. The van der Waals surface area contributed by atoms with Crippen molar-refractivity contribution >= 4 is 0 Å². The molecule has 2 heterocycles. The van der Waals surface area contributed by atoms with Crippen LogP contribution in [0.5, 0.6) is 0 Å². The number of H-pyrrole nitrogens is 1. The Morgan fingerprint density at radius 3 is 2.89 bits per heavy atom. The van der Waals surface area contributed by atoms with Crippen molar-refractivity contribution < 1.29 is 0 Å².